The van der Waals surface area contributed by atoms with Gasteiger partial charge in [-0.3, -0.25) is 4.79 Å². The first-order valence-corrected chi connectivity index (χ1v) is 9.63. The summed E-state index contributed by atoms with van der Waals surface area (Å²) < 4.78 is 16.6. The van der Waals surface area contributed by atoms with Crippen molar-refractivity contribution in [1.29, 1.82) is 0 Å². The van der Waals surface area contributed by atoms with E-state index in [1.807, 2.05) is 13.8 Å². The molecular weight excluding hydrogens is 388 g/mol. The van der Waals surface area contributed by atoms with Crippen LogP contribution in [0, 0.1) is 13.8 Å². The Morgan fingerprint density at radius 1 is 1.03 bits per heavy atom. The molecule has 8 heteroatoms. The molecule has 2 aromatic rings. The van der Waals surface area contributed by atoms with Crippen LogP contribution in [0.3, 0.4) is 0 Å². The Morgan fingerprint density at radius 3 is 2.23 bits per heavy atom. The normalized spacial score (nSPS) is 11.1. The number of aromatic nitrogens is 2. The molecule has 1 aromatic heterocycles. The van der Waals surface area contributed by atoms with Crippen molar-refractivity contribution in [2.45, 2.75) is 53.1 Å². The van der Waals surface area contributed by atoms with Gasteiger partial charge in [0.15, 0.2) is 6.61 Å². The number of aryl methyl sites for hydroxylation is 1. The van der Waals surface area contributed by atoms with Gasteiger partial charge >= 0.3 is 17.9 Å². The van der Waals surface area contributed by atoms with Crippen molar-refractivity contribution in [3.8, 4) is 5.69 Å². The first-order chi connectivity index (χ1) is 14.0. The van der Waals surface area contributed by atoms with Crippen LogP contribution in [0.25, 0.3) is 5.69 Å². The topological polar surface area (TPSA) is 96.7 Å². The number of esters is 3. The van der Waals surface area contributed by atoms with E-state index in [0.717, 1.165) is 22.6 Å². The van der Waals surface area contributed by atoms with Gasteiger partial charge in [0.2, 0.25) is 0 Å². The number of carbonyl (C=O) groups excluding carboxylic acids is 3. The number of benzene rings is 1. The molecule has 0 saturated heterocycles. The zero-order valence-electron chi connectivity index (χ0n) is 18.3. The van der Waals surface area contributed by atoms with Gasteiger partial charge in [0.05, 0.1) is 24.1 Å². The summed E-state index contributed by atoms with van der Waals surface area (Å²) in [7, 11) is 1.37. The maximum absolute atomic E-state index is 12.2. The van der Waals surface area contributed by atoms with Crippen molar-refractivity contribution in [3.05, 3.63) is 46.8 Å². The highest BCUT2D eigenvalue weighted by atomic mass is 16.6. The van der Waals surface area contributed by atoms with E-state index in [4.69, 9.17) is 14.2 Å². The second-order valence-corrected chi connectivity index (χ2v) is 7.85. The number of rotatable bonds is 7. The van der Waals surface area contributed by atoms with E-state index in [9.17, 15) is 14.4 Å². The fourth-order valence-electron chi connectivity index (χ4n) is 2.93. The standard InChI is InChI=1S/C22H28N2O6/c1-14-18(11-12-19(25)28-6)15(2)24(23-14)17-9-7-16(8-10-17)21(27)29-13-20(26)30-22(3,4)5/h7-10H,11-13H2,1-6H3. The molecule has 0 aliphatic rings. The Hall–Kier alpha value is -3.16. The van der Waals surface area contributed by atoms with E-state index in [2.05, 4.69) is 5.10 Å². The van der Waals surface area contributed by atoms with E-state index >= 15 is 0 Å². The van der Waals surface area contributed by atoms with Gasteiger partial charge < -0.3 is 14.2 Å². The largest absolute Gasteiger partial charge is 0.469 e. The fourth-order valence-corrected chi connectivity index (χ4v) is 2.93. The average Bonchev–Trinajstić information content (AvgIpc) is 2.96. The van der Waals surface area contributed by atoms with Crippen molar-refractivity contribution in [1.82, 2.24) is 9.78 Å². The molecule has 0 saturated carbocycles. The van der Waals surface area contributed by atoms with Crippen LogP contribution < -0.4 is 0 Å². The molecule has 0 radical (unpaired) electrons. The van der Waals surface area contributed by atoms with Gasteiger partial charge in [-0.15, -0.1) is 0 Å². The first kappa shape index (κ1) is 23.1. The minimum absolute atomic E-state index is 0.268. The van der Waals surface area contributed by atoms with Gasteiger partial charge in [0.25, 0.3) is 0 Å². The van der Waals surface area contributed by atoms with Gasteiger partial charge in [-0.1, -0.05) is 0 Å². The van der Waals surface area contributed by atoms with Crippen LogP contribution >= 0.6 is 0 Å². The van der Waals surface area contributed by atoms with Crippen LogP contribution in [-0.2, 0) is 30.2 Å². The maximum Gasteiger partial charge on any atom is 0.344 e. The monoisotopic (exact) mass is 416 g/mol. The molecule has 162 valence electrons. The van der Waals surface area contributed by atoms with Crippen LogP contribution in [0.1, 0.15) is 54.5 Å². The Labute approximate surface area is 176 Å². The molecule has 0 bridgehead atoms. The fraction of sp³-hybridized carbons (Fsp3) is 0.455. The molecule has 1 aromatic carbocycles. The molecule has 0 spiro atoms. The number of hydrogen-bond donors (Lipinski definition) is 0. The van der Waals surface area contributed by atoms with Gasteiger partial charge in [0, 0.05) is 12.1 Å². The Bertz CT molecular complexity index is 922. The molecule has 0 fully saturated rings. The van der Waals surface area contributed by atoms with Gasteiger partial charge in [-0.25, -0.2) is 14.3 Å². The van der Waals surface area contributed by atoms with Crippen molar-refractivity contribution in [2.75, 3.05) is 13.7 Å². The number of carbonyl (C=O) groups is 3. The zero-order valence-corrected chi connectivity index (χ0v) is 18.3. The molecule has 0 unspecified atom stereocenters. The first-order valence-electron chi connectivity index (χ1n) is 9.63. The van der Waals surface area contributed by atoms with Crippen LogP contribution in [0.2, 0.25) is 0 Å². The summed E-state index contributed by atoms with van der Waals surface area (Å²) in [6.07, 6.45) is 0.825. The summed E-state index contributed by atoms with van der Waals surface area (Å²) in [5, 5.41) is 4.54. The van der Waals surface area contributed by atoms with Crippen LogP contribution in [-0.4, -0.2) is 47.0 Å². The van der Waals surface area contributed by atoms with Crippen molar-refractivity contribution in [2.24, 2.45) is 0 Å². The lowest BCUT2D eigenvalue weighted by Crippen LogP contribution is -2.27. The molecular formula is C22H28N2O6. The van der Waals surface area contributed by atoms with E-state index in [1.54, 1.807) is 49.7 Å². The summed E-state index contributed by atoms with van der Waals surface area (Å²) in [6.45, 7) is 8.59. The highest BCUT2D eigenvalue weighted by Gasteiger charge is 2.19. The van der Waals surface area contributed by atoms with Crippen LogP contribution in [0.5, 0.6) is 0 Å². The predicted octanol–water partition coefficient (Wildman–Crippen LogP) is 3.09. The Balaban J connectivity index is 2.06. The van der Waals surface area contributed by atoms with Crippen molar-refractivity contribution in [3.63, 3.8) is 0 Å². The smallest absolute Gasteiger partial charge is 0.344 e. The molecule has 30 heavy (non-hydrogen) atoms. The van der Waals surface area contributed by atoms with Gasteiger partial charge in [-0.2, -0.15) is 5.10 Å². The second-order valence-electron chi connectivity index (χ2n) is 7.85. The molecule has 0 atom stereocenters. The lowest BCUT2D eigenvalue weighted by atomic mass is 10.1. The van der Waals surface area contributed by atoms with E-state index in [-0.39, 0.29) is 12.4 Å². The third-order valence-corrected chi connectivity index (χ3v) is 4.34. The number of ether oxygens (including phenoxy) is 3. The molecule has 0 amide bonds. The minimum Gasteiger partial charge on any atom is -0.469 e. The van der Waals surface area contributed by atoms with E-state index in [0.29, 0.717) is 12.0 Å². The SMILES string of the molecule is COC(=O)CCc1c(C)nn(-c2ccc(C(=O)OCC(=O)OC(C)(C)C)cc2)c1C. The maximum atomic E-state index is 12.2. The lowest BCUT2D eigenvalue weighted by Gasteiger charge is -2.19. The van der Waals surface area contributed by atoms with Gasteiger partial charge in [-0.05, 0) is 70.9 Å². The number of hydrogen-bond acceptors (Lipinski definition) is 7. The number of nitrogens with zero attached hydrogens (tertiary/aromatic N) is 2. The average molecular weight is 416 g/mol. The summed E-state index contributed by atoms with van der Waals surface area (Å²) in [4.78, 5) is 35.3. The van der Waals surface area contributed by atoms with Crippen molar-refractivity contribution < 1.29 is 28.6 Å². The van der Waals surface area contributed by atoms with Crippen LogP contribution in [0.15, 0.2) is 24.3 Å². The summed E-state index contributed by atoms with van der Waals surface area (Å²) >= 11 is 0. The molecule has 0 aliphatic carbocycles. The Morgan fingerprint density at radius 2 is 1.67 bits per heavy atom. The highest BCUT2D eigenvalue weighted by molar-refractivity contribution is 5.91. The summed E-state index contributed by atoms with van der Waals surface area (Å²) in [5.74, 6) is -1.48. The number of methoxy groups -OCH3 is 1. The third-order valence-electron chi connectivity index (χ3n) is 4.34. The molecule has 2 rings (SSSR count). The highest BCUT2D eigenvalue weighted by Crippen LogP contribution is 2.20. The third kappa shape index (κ3) is 6.17. The molecule has 8 nitrogen and oxygen atoms in total. The predicted molar refractivity (Wildman–Crippen MR) is 110 cm³/mol. The van der Waals surface area contributed by atoms with E-state index in [1.165, 1.54) is 7.11 Å². The summed E-state index contributed by atoms with van der Waals surface area (Å²) in [6, 6.07) is 6.70. The summed E-state index contributed by atoms with van der Waals surface area (Å²) in [5.41, 5.74) is 3.18. The molecule has 0 N–H and O–H groups in total. The molecule has 0 aliphatic heterocycles. The van der Waals surface area contributed by atoms with E-state index < -0.39 is 24.1 Å². The van der Waals surface area contributed by atoms with Crippen LogP contribution in [0.4, 0.5) is 0 Å². The quantitative estimate of drug-likeness (QED) is 0.505. The minimum atomic E-state index is -0.638. The molecule has 1 heterocycles. The second kappa shape index (κ2) is 9.56. The zero-order chi connectivity index (χ0) is 22.5. The lowest BCUT2D eigenvalue weighted by molar-refractivity contribution is -0.158. The Kier molecular flexibility index (Phi) is 7.37. The van der Waals surface area contributed by atoms with Gasteiger partial charge in [0.1, 0.15) is 5.60 Å². The van der Waals surface area contributed by atoms with Crippen molar-refractivity contribution >= 4 is 17.9 Å².